The molecule has 0 aliphatic heterocycles. The van der Waals surface area contributed by atoms with Gasteiger partial charge < -0.3 is 9.29 Å². The molecule has 21 heavy (non-hydrogen) atoms. The maximum Gasteiger partial charge on any atom is 0.312 e. The van der Waals surface area contributed by atoms with Gasteiger partial charge in [-0.15, -0.1) is 0 Å². The van der Waals surface area contributed by atoms with Crippen LogP contribution in [0.4, 0.5) is 0 Å². The normalized spacial score (nSPS) is 41.3. The van der Waals surface area contributed by atoms with E-state index in [-0.39, 0.29) is 17.6 Å². The molecule has 4 bridgehead atoms. The van der Waals surface area contributed by atoms with Crippen LogP contribution < -0.4 is 0 Å². The highest BCUT2D eigenvalue weighted by atomic mass is 32.2. The molecule has 0 spiro atoms. The zero-order valence-corrected chi connectivity index (χ0v) is 12.7. The minimum atomic E-state index is -4.37. The number of ketones is 1. The fourth-order valence-corrected chi connectivity index (χ4v) is 4.90. The first-order valence-electron chi connectivity index (χ1n) is 7.36. The summed E-state index contributed by atoms with van der Waals surface area (Å²) >= 11 is 0. The number of carbonyl (C=O) groups excluding carboxylic acids is 2. The van der Waals surface area contributed by atoms with Crippen LogP contribution in [0, 0.1) is 29.1 Å². The largest absolute Gasteiger partial charge is 0.748 e. The van der Waals surface area contributed by atoms with Gasteiger partial charge >= 0.3 is 5.97 Å². The highest BCUT2D eigenvalue weighted by Crippen LogP contribution is 2.61. The molecule has 0 amide bonds. The molecular weight excluding hydrogens is 296 g/mol. The number of rotatable bonds is 4. The second-order valence-corrected chi connectivity index (χ2v) is 8.37. The Hall–Kier alpha value is -0.950. The van der Waals surface area contributed by atoms with E-state index in [0.29, 0.717) is 24.7 Å². The third-order valence-corrected chi connectivity index (χ3v) is 6.30. The van der Waals surface area contributed by atoms with E-state index >= 15 is 0 Å². The average Bonchev–Trinajstić information content (AvgIpc) is 2.39. The van der Waals surface area contributed by atoms with Crippen LogP contribution in [0.2, 0.25) is 0 Å². The Bertz CT molecular complexity index is 582. The topological polar surface area (TPSA) is 101 Å². The molecule has 6 nitrogen and oxygen atoms in total. The fraction of sp³-hybridized carbons (Fsp3) is 0.857. The lowest BCUT2D eigenvalue weighted by atomic mass is 9.46. The van der Waals surface area contributed by atoms with Crippen LogP contribution in [-0.2, 0) is 24.4 Å². The van der Waals surface area contributed by atoms with Crippen molar-refractivity contribution in [3.63, 3.8) is 0 Å². The summed E-state index contributed by atoms with van der Waals surface area (Å²) in [4.78, 5) is 24.6. The molecule has 0 radical (unpaired) electrons. The first-order chi connectivity index (χ1) is 9.72. The number of hydrogen-bond acceptors (Lipinski definition) is 6. The molecule has 0 aromatic carbocycles. The number of esters is 1. The summed E-state index contributed by atoms with van der Waals surface area (Å²) in [5.74, 6) is -0.260. The van der Waals surface area contributed by atoms with Crippen molar-refractivity contribution in [3.8, 4) is 0 Å². The summed E-state index contributed by atoms with van der Waals surface area (Å²) in [7, 11) is -4.37. The van der Waals surface area contributed by atoms with E-state index in [1.807, 2.05) is 0 Å². The SMILES string of the molecule is CC1C2CC3CC(C(=O)OCCS(=O)(=O)[O-])(C2)CC1C3=O. The van der Waals surface area contributed by atoms with E-state index in [2.05, 4.69) is 6.92 Å². The number of carbonyl (C=O) groups is 2. The van der Waals surface area contributed by atoms with Gasteiger partial charge in [0.05, 0.1) is 21.3 Å². The van der Waals surface area contributed by atoms with Crippen molar-refractivity contribution < 1.29 is 27.3 Å². The summed E-state index contributed by atoms with van der Waals surface area (Å²) < 4.78 is 36.7. The van der Waals surface area contributed by atoms with Crippen LogP contribution in [0.25, 0.3) is 0 Å². The third-order valence-electron chi connectivity index (χ3n) is 5.63. The average molecular weight is 315 g/mol. The van der Waals surface area contributed by atoms with Crippen LogP contribution in [0.5, 0.6) is 0 Å². The van der Waals surface area contributed by atoms with Crippen molar-refractivity contribution in [2.75, 3.05) is 12.4 Å². The Kier molecular flexibility index (Phi) is 3.40. The molecular formula is C14H19O6S-. The molecule has 118 valence electrons. The van der Waals surface area contributed by atoms with Gasteiger partial charge in [-0.25, -0.2) is 8.42 Å². The predicted octanol–water partition coefficient (Wildman–Crippen LogP) is 0.716. The van der Waals surface area contributed by atoms with Crippen molar-refractivity contribution in [2.24, 2.45) is 29.1 Å². The van der Waals surface area contributed by atoms with Gasteiger partial charge in [0.15, 0.2) is 0 Å². The van der Waals surface area contributed by atoms with Crippen molar-refractivity contribution in [1.82, 2.24) is 0 Å². The minimum absolute atomic E-state index is 0.0468. The van der Waals surface area contributed by atoms with Crippen LogP contribution >= 0.6 is 0 Å². The molecule has 4 aliphatic carbocycles. The van der Waals surface area contributed by atoms with Gasteiger partial charge in [0.25, 0.3) is 0 Å². The Labute approximate surface area is 124 Å². The van der Waals surface area contributed by atoms with Gasteiger partial charge in [-0.3, -0.25) is 9.59 Å². The molecule has 0 aromatic heterocycles. The van der Waals surface area contributed by atoms with Gasteiger partial charge in [-0.1, -0.05) is 6.92 Å². The molecule has 5 unspecified atom stereocenters. The smallest absolute Gasteiger partial charge is 0.312 e. The van der Waals surface area contributed by atoms with Gasteiger partial charge in [-0.2, -0.15) is 0 Å². The van der Waals surface area contributed by atoms with E-state index < -0.39 is 33.9 Å². The lowest BCUT2D eigenvalue weighted by molar-refractivity contribution is -0.179. The molecule has 4 fully saturated rings. The number of hydrogen-bond donors (Lipinski definition) is 0. The Morgan fingerprint density at radius 2 is 2.10 bits per heavy atom. The highest BCUT2D eigenvalue weighted by molar-refractivity contribution is 7.85. The predicted molar refractivity (Wildman–Crippen MR) is 71.1 cm³/mol. The third kappa shape index (κ3) is 2.50. The lowest BCUT2D eigenvalue weighted by Gasteiger charge is -2.57. The van der Waals surface area contributed by atoms with Gasteiger partial charge in [0, 0.05) is 11.8 Å². The lowest BCUT2D eigenvalue weighted by Crippen LogP contribution is -2.58. The Morgan fingerprint density at radius 3 is 2.76 bits per heavy atom. The number of Topliss-reactive ketones (excluding diaryl/α,β-unsaturated/α-hetero) is 1. The second kappa shape index (κ2) is 4.78. The second-order valence-electron chi connectivity index (χ2n) is 6.85. The van der Waals surface area contributed by atoms with Crippen molar-refractivity contribution in [2.45, 2.75) is 32.6 Å². The first kappa shape index (κ1) is 15.0. The summed E-state index contributed by atoms with van der Waals surface area (Å²) in [6.07, 6.45) is 2.62. The van der Waals surface area contributed by atoms with Crippen molar-refractivity contribution >= 4 is 21.9 Å². The maximum atomic E-state index is 12.4. The molecule has 0 heterocycles. The van der Waals surface area contributed by atoms with Crippen LogP contribution in [0.3, 0.4) is 0 Å². The van der Waals surface area contributed by atoms with E-state index in [0.717, 1.165) is 12.8 Å². The molecule has 5 atom stereocenters. The first-order valence-corrected chi connectivity index (χ1v) is 8.94. The molecule has 4 saturated carbocycles. The molecule has 7 heteroatoms. The highest BCUT2D eigenvalue weighted by Gasteiger charge is 2.61. The van der Waals surface area contributed by atoms with E-state index in [1.54, 1.807) is 0 Å². The van der Waals surface area contributed by atoms with Crippen molar-refractivity contribution in [3.05, 3.63) is 0 Å². The Balaban J connectivity index is 1.71. The zero-order valence-electron chi connectivity index (χ0n) is 11.9. The molecule has 4 rings (SSSR count). The van der Waals surface area contributed by atoms with Crippen molar-refractivity contribution in [1.29, 1.82) is 0 Å². The fourth-order valence-electron chi connectivity index (χ4n) is 4.61. The summed E-state index contributed by atoms with van der Waals surface area (Å²) in [5.41, 5.74) is -0.634. The molecule has 0 N–H and O–H groups in total. The van der Waals surface area contributed by atoms with E-state index in [4.69, 9.17) is 4.74 Å². The summed E-state index contributed by atoms with van der Waals surface area (Å²) in [6.45, 7) is 1.68. The minimum Gasteiger partial charge on any atom is -0.748 e. The standard InChI is InChI=1S/C14H20O6S/c1-8-9-4-10-6-14(5-9,7-11(8)12(10)15)13(16)20-2-3-21(17,18)19/h8-11H,2-7H2,1H3,(H,17,18,19)/p-1. The quantitative estimate of drug-likeness (QED) is 0.559. The van der Waals surface area contributed by atoms with E-state index in [1.165, 1.54) is 0 Å². The van der Waals surface area contributed by atoms with Crippen LogP contribution in [0.15, 0.2) is 0 Å². The van der Waals surface area contributed by atoms with Gasteiger partial charge in [0.1, 0.15) is 12.4 Å². The monoisotopic (exact) mass is 315 g/mol. The van der Waals surface area contributed by atoms with Crippen LogP contribution in [-0.4, -0.2) is 37.1 Å². The Morgan fingerprint density at radius 1 is 1.38 bits per heavy atom. The molecule has 0 aromatic rings. The molecule has 4 aliphatic rings. The molecule has 0 saturated heterocycles. The number of ether oxygens (including phenoxy) is 1. The maximum absolute atomic E-state index is 12.4. The summed E-state index contributed by atoms with van der Waals surface area (Å²) in [5, 5.41) is 0. The van der Waals surface area contributed by atoms with Gasteiger partial charge in [-0.05, 0) is 37.5 Å². The van der Waals surface area contributed by atoms with E-state index in [9.17, 15) is 22.6 Å². The van der Waals surface area contributed by atoms with Crippen LogP contribution in [0.1, 0.15) is 32.6 Å². The zero-order chi connectivity index (χ0) is 15.4. The summed E-state index contributed by atoms with van der Waals surface area (Å²) in [6, 6.07) is 0. The van der Waals surface area contributed by atoms with Gasteiger partial charge in [0.2, 0.25) is 0 Å².